The molecular weight excluding hydrogens is 305 g/mol. The standard InChI is InChI=1S/C13H13Cl2NO4/c14-8-4-9(15)6-10(5-8)16-12(17)7-20-13(18)11-2-1-3-19-11/h4-6,11H,1-3,7H2,(H,16,17). The van der Waals surface area contributed by atoms with E-state index in [1.54, 1.807) is 18.2 Å². The van der Waals surface area contributed by atoms with Gasteiger partial charge in [0, 0.05) is 22.3 Å². The highest BCUT2D eigenvalue weighted by Crippen LogP contribution is 2.22. The number of ether oxygens (including phenoxy) is 2. The Morgan fingerprint density at radius 3 is 2.60 bits per heavy atom. The molecule has 0 aliphatic carbocycles. The number of nitrogens with one attached hydrogen (secondary N) is 1. The van der Waals surface area contributed by atoms with Crippen LogP contribution in [0.3, 0.4) is 0 Å². The zero-order chi connectivity index (χ0) is 14.5. The zero-order valence-corrected chi connectivity index (χ0v) is 12.0. The summed E-state index contributed by atoms with van der Waals surface area (Å²) < 4.78 is 10.0. The first-order valence-corrected chi connectivity index (χ1v) is 6.84. The Bertz CT molecular complexity index is 495. The average Bonchev–Trinajstić information content (AvgIpc) is 2.88. The predicted molar refractivity (Wildman–Crippen MR) is 75.0 cm³/mol. The SMILES string of the molecule is O=C(COC(=O)C1CCCO1)Nc1cc(Cl)cc(Cl)c1. The molecule has 0 radical (unpaired) electrons. The van der Waals surface area contributed by atoms with E-state index in [4.69, 9.17) is 32.7 Å². The molecule has 0 saturated carbocycles. The summed E-state index contributed by atoms with van der Waals surface area (Å²) in [4.78, 5) is 23.2. The van der Waals surface area contributed by atoms with E-state index in [0.29, 0.717) is 28.8 Å². The van der Waals surface area contributed by atoms with E-state index in [9.17, 15) is 9.59 Å². The number of hydrogen-bond donors (Lipinski definition) is 1. The van der Waals surface area contributed by atoms with Gasteiger partial charge in [-0.15, -0.1) is 0 Å². The number of esters is 1. The highest BCUT2D eigenvalue weighted by atomic mass is 35.5. The molecule has 1 aromatic rings. The zero-order valence-electron chi connectivity index (χ0n) is 10.5. The van der Waals surface area contributed by atoms with E-state index in [2.05, 4.69) is 5.32 Å². The number of hydrogen-bond acceptors (Lipinski definition) is 4. The molecule has 1 N–H and O–H groups in total. The summed E-state index contributed by atoms with van der Waals surface area (Å²) in [7, 11) is 0. The second-order valence-corrected chi connectivity index (χ2v) is 5.19. The van der Waals surface area contributed by atoms with Gasteiger partial charge in [-0.05, 0) is 31.0 Å². The van der Waals surface area contributed by atoms with Crippen molar-refractivity contribution in [3.8, 4) is 0 Å². The molecule has 20 heavy (non-hydrogen) atoms. The molecule has 1 aromatic carbocycles. The number of amides is 1. The minimum Gasteiger partial charge on any atom is -0.454 e. The third-order valence-electron chi connectivity index (χ3n) is 2.68. The van der Waals surface area contributed by atoms with E-state index < -0.39 is 18.0 Å². The minimum absolute atomic E-state index is 0.372. The second-order valence-electron chi connectivity index (χ2n) is 4.32. The van der Waals surface area contributed by atoms with Gasteiger partial charge in [-0.1, -0.05) is 23.2 Å². The quantitative estimate of drug-likeness (QED) is 0.867. The van der Waals surface area contributed by atoms with E-state index in [1.807, 2.05) is 0 Å². The molecule has 1 amide bonds. The number of benzene rings is 1. The van der Waals surface area contributed by atoms with Gasteiger partial charge in [-0.3, -0.25) is 4.79 Å². The Morgan fingerprint density at radius 1 is 1.30 bits per heavy atom. The van der Waals surface area contributed by atoms with Gasteiger partial charge >= 0.3 is 5.97 Å². The Labute approximate surface area is 126 Å². The molecule has 1 heterocycles. The van der Waals surface area contributed by atoms with Gasteiger partial charge in [0.2, 0.25) is 0 Å². The van der Waals surface area contributed by atoms with Crippen LogP contribution in [0.1, 0.15) is 12.8 Å². The molecule has 1 aliphatic rings. The summed E-state index contributed by atoms with van der Waals surface area (Å²) in [5.41, 5.74) is 0.445. The second kappa shape index (κ2) is 6.92. The topological polar surface area (TPSA) is 64.6 Å². The summed E-state index contributed by atoms with van der Waals surface area (Å²) in [6.07, 6.45) is 0.903. The van der Waals surface area contributed by atoms with Gasteiger partial charge in [-0.2, -0.15) is 0 Å². The van der Waals surface area contributed by atoms with Gasteiger partial charge in [0.05, 0.1) is 0 Å². The maximum absolute atomic E-state index is 11.6. The lowest BCUT2D eigenvalue weighted by Gasteiger charge is -2.10. The van der Waals surface area contributed by atoms with Gasteiger partial charge in [-0.25, -0.2) is 4.79 Å². The molecule has 1 aliphatic heterocycles. The first-order valence-electron chi connectivity index (χ1n) is 6.09. The average molecular weight is 318 g/mol. The van der Waals surface area contributed by atoms with E-state index in [-0.39, 0.29) is 6.61 Å². The summed E-state index contributed by atoms with van der Waals surface area (Å²) in [5.74, 6) is -0.976. The third-order valence-corrected chi connectivity index (χ3v) is 3.12. The molecule has 1 fully saturated rings. The smallest absolute Gasteiger partial charge is 0.335 e. The summed E-state index contributed by atoms with van der Waals surface area (Å²) in [6, 6.07) is 4.65. The number of carbonyl (C=O) groups is 2. The minimum atomic E-state index is -0.552. The van der Waals surface area contributed by atoms with Crippen molar-refractivity contribution >= 4 is 40.8 Å². The van der Waals surface area contributed by atoms with Gasteiger partial charge < -0.3 is 14.8 Å². The fourth-order valence-corrected chi connectivity index (χ4v) is 2.34. The highest BCUT2D eigenvalue weighted by Gasteiger charge is 2.25. The van der Waals surface area contributed by atoms with Crippen molar-refractivity contribution in [1.82, 2.24) is 0 Å². The normalized spacial score (nSPS) is 17.8. The summed E-state index contributed by atoms with van der Waals surface area (Å²) in [5, 5.41) is 3.36. The van der Waals surface area contributed by atoms with Crippen molar-refractivity contribution in [2.24, 2.45) is 0 Å². The Kier molecular flexibility index (Phi) is 5.23. The largest absolute Gasteiger partial charge is 0.454 e. The molecule has 2 rings (SSSR count). The molecule has 1 atom stereocenters. The lowest BCUT2D eigenvalue weighted by molar-refractivity contribution is -0.156. The Balaban J connectivity index is 1.81. The van der Waals surface area contributed by atoms with Crippen LogP contribution >= 0.6 is 23.2 Å². The van der Waals surface area contributed by atoms with Gasteiger partial charge in [0.25, 0.3) is 5.91 Å². The van der Waals surface area contributed by atoms with Crippen LogP contribution in [0.15, 0.2) is 18.2 Å². The molecule has 7 heteroatoms. The predicted octanol–water partition coefficient (Wildman–Crippen LogP) is 2.65. The fraction of sp³-hybridized carbons (Fsp3) is 0.385. The van der Waals surface area contributed by atoms with E-state index in [1.165, 1.54) is 0 Å². The lowest BCUT2D eigenvalue weighted by atomic mass is 10.2. The van der Waals surface area contributed by atoms with Crippen LogP contribution in [-0.2, 0) is 19.1 Å². The number of halogens is 2. The number of anilines is 1. The van der Waals surface area contributed by atoms with Crippen LogP contribution in [0.5, 0.6) is 0 Å². The lowest BCUT2D eigenvalue weighted by Crippen LogP contribution is -2.27. The summed E-state index contributed by atoms with van der Waals surface area (Å²) in [6.45, 7) is 0.176. The Hall–Kier alpha value is -1.30. The Morgan fingerprint density at radius 2 is 2.00 bits per heavy atom. The fourth-order valence-electron chi connectivity index (χ4n) is 1.82. The maximum atomic E-state index is 11.6. The van der Waals surface area contributed by atoms with E-state index in [0.717, 1.165) is 6.42 Å². The maximum Gasteiger partial charge on any atom is 0.335 e. The molecule has 5 nitrogen and oxygen atoms in total. The van der Waals surface area contributed by atoms with Crippen LogP contribution < -0.4 is 5.32 Å². The highest BCUT2D eigenvalue weighted by molar-refractivity contribution is 6.35. The monoisotopic (exact) mass is 317 g/mol. The van der Waals surface area contributed by atoms with Gasteiger partial charge in [0.1, 0.15) is 0 Å². The van der Waals surface area contributed by atoms with Crippen LogP contribution in [-0.4, -0.2) is 31.2 Å². The van der Waals surface area contributed by atoms with Crippen molar-refractivity contribution in [3.63, 3.8) is 0 Å². The molecule has 0 bridgehead atoms. The van der Waals surface area contributed by atoms with Crippen LogP contribution in [0.2, 0.25) is 10.0 Å². The van der Waals surface area contributed by atoms with Crippen LogP contribution in [0.25, 0.3) is 0 Å². The van der Waals surface area contributed by atoms with Crippen molar-refractivity contribution in [1.29, 1.82) is 0 Å². The van der Waals surface area contributed by atoms with Crippen LogP contribution in [0, 0.1) is 0 Å². The van der Waals surface area contributed by atoms with Crippen molar-refractivity contribution in [3.05, 3.63) is 28.2 Å². The third kappa shape index (κ3) is 4.37. The van der Waals surface area contributed by atoms with E-state index >= 15 is 0 Å². The van der Waals surface area contributed by atoms with Crippen molar-refractivity contribution < 1.29 is 19.1 Å². The molecule has 108 valence electrons. The molecule has 1 saturated heterocycles. The first kappa shape index (κ1) is 15.1. The molecule has 1 unspecified atom stereocenters. The van der Waals surface area contributed by atoms with Crippen LogP contribution in [0.4, 0.5) is 5.69 Å². The molecule has 0 spiro atoms. The summed E-state index contributed by atoms with van der Waals surface area (Å²) >= 11 is 11.6. The van der Waals surface area contributed by atoms with Gasteiger partial charge in [0.15, 0.2) is 12.7 Å². The number of rotatable bonds is 4. The van der Waals surface area contributed by atoms with Crippen molar-refractivity contribution in [2.75, 3.05) is 18.5 Å². The molecular formula is C13H13Cl2NO4. The number of carbonyl (C=O) groups excluding carboxylic acids is 2. The molecule has 0 aromatic heterocycles. The van der Waals surface area contributed by atoms with Crippen molar-refractivity contribution in [2.45, 2.75) is 18.9 Å². The first-order chi connectivity index (χ1) is 9.54.